The number of nitrogens with zero attached hydrogens (tertiary/aromatic N) is 1. The molecule has 0 radical (unpaired) electrons. The molecule has 0 atom stereocenters. The van der Waals surface area contributed by atoms with Crippen LogP contribution in [0.4, 0.5) is 0 Å². The molecule has 0 bridgehead atoms. The van der Waals surface area contributed by atoms with E-state index in [0.29, 0.717) is 12.1 Å². The summed E-state index contributed by atoms with van der Waals surface area (Å²) in [4.78, 5) is 14.3. The van der Waals surface area contributed by atoms with Gasteiger partial charge in [0.25, 0.3) is 0 Å². The van der Waals surface area contributed by atoms with Crippen LogP contribution < -0.4 is 5.14 Å². The van der Waals surface area contributed by atoms with Crippen molar-refractivity contribution in [1.82, 2.24) is 4.90 Å². The summed E-state index contributed by atoms with van der Waals surface area (Å²) in [6, 6.07) is 9.50. The number of nitrogens with two attached hydrogens (primary N) is 1. The van der Waals surface area contributed by atoms with Crippen molar-refractivity contribution >= 4 is 27.3 Å². The first-order valence-electron chi connectivity index (χ1n) is 7.59. The van der Waals surface area contributed by atoms with E-state index in [-0.39, 0.29) is 16.2 Å². The van der Waals surface area contributed by atoms with Crippen LogP contribution in [-0.4, -0.2) is 25.3 Å². The van der Waals surface area contributed by atoms with Crippen molar-refractivity contribution < 1.29 is 13.2 Å². The number of sulfonamides is 1. The van der Waals surface area contributed by atoms with E-state index in [1.54, 1.807) is 11.8 Å². The maximum atomic E-state index is 11.7. The molecule has 2 N–H and O–H groups in total. The van der Waals surface area contributed by atoms with E-state index >= 15 is 0 Å². The molecule has 130 valence electrons. The van der Waals surface area contributed by atoms with Crippen molar-refractivity contribution in [2.75, 3.05) is 0 Å². The number of aryl methyl sites for hydroxylation is 1. The van der Waals surface area contributed by atoms with Gasteiger partial charge in [-0.15, -0.1) is 11.3 Å². The molecule has 0 saturated carbocycles. The summed E-state index contributed by atoms with van der Waals surface area (Å²) in [7, 11) is -3.75. The second kappa shape index (κ2) is 7.04. The summed E-state index contributed by atoms with van der Waals surface area (Å²) in [5.41, 5.74) is 2.41. The molecule has 0 spiro atoms. The normalized spacial score (nSPS) is 11.8. The van der Waals surface area contributed by atoms with Gasteiger partial charge in [0.15, 0.2) is 0 Å². The number of rotatable bonds is 5. The molecular formula is C17H22N2O3S2. The molecule has 0 unspecified atom stereocenters. The van der Waals surface area contributed by atoms with Crippen LogP contribution in [0.2, 0.25) is 0 Å². The number of carbonyl (C=O) groups is 1. The lowest BCUT2D eigenvalue weighted by Gasteiger charge is -2.25. The van der Waals surface area contributed by atoms with Crippen molar-refractivity contribution in [3.8, 4) is 11.1 Å². The van der Waals surface area contributed by atoms with Crippen LogP contribution in [0.5, 0.6) is 0 Å². The Labute approximate surface area is 147 Å². The minimum absolute atomic E-state index is 0.0269. The van der Waals surface area contributed by atoms with E-state index < -0.39 is 10.0 Å². The third kappa shape index (κ3) is 4.23. The fraction of sp³-hybridized carbons (Fsp3) is 0.353. The highest BCUT2D eigenvalue weighted by molar-refractivity contribution is 7.91. The zero-order valence-corrected chi connectivity index (χ0v) is 15.9. The van der Waals surface area contributed by atoms with Crippen LogP contribution >= 0.6 is 11.3 Å². The molecule has 2 aromatic rings. The van der Waals surface area contributed by atoms with Crippen molar-refractivity contribution in [2.45, 2.75) is 44.5 Å². The summed E-state index contributed by atoms with van der Waals surface area (Å²) in [5, 5.41) is 5.31. The van der Waals surface area contributed by atoms with E-state index in [9.17, 15) is 13.2 Å². The Hall–Kier alpha value is -1.70. The second-order valence-electron chi connectivity index (χ2n) is 6.04. The van der Waals surface area contributed by atoms with Gasteiger partial charge in [-0.3, -0.25) is 4.79 Å². The molecular weight excluding hydrogens is 344 g/mol. The molecule has 7 heteroatoms. The van der Waals surface area contributed by atoms with E-state index in [4.69, 9.17) is 5.14 Å². The fourth-order valence-electron chi connectivity index (χ4n) is 2.55. The topological polar surface area (TPSA) is 80.5 Å². The van der Waals surface area contributed by atoms with Crippen LogP contribution in [0.25, 0.3) is 11.1 Å². The quantitative estimate of drug-likeness (QED) is 0.883. The van der Waals surface area contributed by atoms with Crippen LogP contribution in [0.1, 0.15) is 31.2 Å². The first kappa shape index (κ1) is 18.6. The molecule has 1 aromatic heterocycles. The van der Waals surface area contributed by atoms with E-state index in [1.807, 2.05) is 51.1 Å². The van der Waals surface area contributed by atoms with Gasteiger partial charge in [-0.2, -0.15) is 0 Å². The summed E-state index contributed by atoms with van der Waals surface area (Å²) in [6.45, 7) is 7.88. The summed E-state index contributed by atoms with van der Waals surface area (Å²) >= 11 is 1.17. The standard InChI is InChI=1S/C17H22N2O3S2/c1-11(2)19(13(4)20)10-14-5-7-15(8-6-14)16-9-12(3)23-17(16)24(18,21)22/h5-9,11H,10H2,1-4H3,(H2,18,21,22). The average Bonchev–Trinajstić information content (AvgIpc) is 2.87. The van der Waals surface area contributed by atoms with Crippen molar-refractivity contribution in [1.29, 1.82) is 0 Å². The Balaban J connectivity index is 2.33. The Morgan fingerprint density at radius 1 is 1.25 bits per heavy atom. The molecule has 24 heavy (non-hydrogen) atoms. The molecule has 0 saturated heterocycles. The molecule has 1 heterocycles. The number of amides is 1. The zero-order valence-electron chi connectivity index (χ0n) is 14.2. The molecule has 1 aromatic carbocycles. The van der Waals surface area contributed by atoms with Gasteiger partial charge in [0.2, 0.25) is 15.9 Å². The van der Waals surface area contributed by atoms with Crippen LogP contribution in [0.15, 0.2) is 34.5 Å². The van der Waals surface area contributed by atoms with Crippen LogP contribution in [0.3, 0.4) is 0 Å². The van der Waals surface area contributed by atoms with Crippen LogP contribution in [-0.2, 0) is 21.4 Å². The van der Waals surface area contributed by atoms with Gasteiger partial charge < -0.3 is 4.90 Å². The first-order chi connectivity index (χ1) is 11.1. The summed E-state index contributed by atoms with van der Waals surface area (Å²) < 4.78 is 23.7. The Morgan fingerprint density at radius 2 is 1.83 bits per heavy atom. The van der Waals surface area contributed by atoms with Crippen molar-refractivity contribution in [3.63, 3.8) is 0 Å². The largest absolute Gasteiger partial charge is 0.336 e. The maximum absolute atomic E-state index is 11.7. The number of hydrogen-bond donors (Lipinski definition) is 1. The highest BCUT2D eigenvalue weighted by Crippen LogP contribution is 2.34. The predicted molar refractivity (Wildman–Crippen MR) is 97.2 cm³/mol. The van der Waals surface area contributed by atoms with Gasteiger partial charge in [-0.1, -0.05) is 24.3 Å². The van der Waals surface area contributed by atoms with Crippen molar-refractivity contribution in [3.05, 3.63) is 40.8 Å². The van der Waals surface area contributed by atoms with Gasteiger partial charge >= 0.3 is 0 Å². The summed E-state index contributed by atoms with van der Waals surface area (Å²) in [6.07, 6.45) is 0. The molecule has 0 aliphatic heterocycles. The number of carbonyl (C=O) groups excluding carboxylic acids is 1. The molecule has 0 aliphatic carbocycles. The smallest absolute Gasteiger partial charge is 0.248 e. The van der Waals surface area contributed by atoms with E-state index in [2.05, 4.69) is 0 Å². The lowest BCUT2D eigenvalue weighted by Crippen LogP contribution is -2.34. The SMILES string of the molecule is CC(=O)N(Cc1ccc(-c2cc(C)sc2S(N)(=O)=O)cc1)C(C)C. The highest BCUT2D eigenvalue weighted by atomic mass is 32.2. The monoisotopic (exact) mass is 366 g/mol. The van der Waals surface area contributed by atoms with Gasteiger partial charge in [0.1, 0.15) is 4.21 Å². The first-order valence-corrected chi connectivity index (χ1v) is 9.95. The number of hydrogen-bond acceptors (Lipinski definition) is 4. The average molecular weight is 367 g/mol. The number of thiophene rings is 1. The van der Waals surface area contributed by atoms with Gasteiger partial charge in [-0.25, -0.2) is 13.6 Å². The second-order valence-corrected chi connectivity index (χ2v) is 9.05. The fourth-order valence-corrected chi connectivity index (χ4v) is 4.65. The lowest BCUT2D eigenvalue weighted by molar-refractivity contribution is -0.131. The van der Waals surface area contributed by atoms with Crippen molar-refractivity contribution in [2.24, 2.45) is 5.14 Å². The Kier molecular flexibility index (Phi) is 5.47. The van der Waals surface area contributed by atoms with Gasteiger partial charge in [-0.05, 0) is 38.0 Å². The third-order valence-electron chi connectivity index (χ3n) is 3.73. The Bertz CT molecular complexity index is 837. The number of primary sulfonamides is 1. The maximum Gasteiger partial charge on any atom is 0.248 e. The lowest BCUT2D eigenvalue weighted by atomic mass is 10.1. The van der Waals surface area contributed by atoms with Gasteiger partial charge in [0.05, 0.1) is 0 Å². The van der Waals surface area contributed by atoms with E-state index in [1.165, 1.54) is 11.3 Å². The molecule has 2 rings (SSSR count). The Morgan fingerprint density at radius 3 is 2.29 bits per heavy atom. The van der Waals surface area contributed by atoms with Crippen LogP contribution in [0, 0.1) is 6.92 Å². The third-order valence-corrected chi connectivity index (χ3v) is 6.25. The highest BCUT2D eigenvalue weighted by Gasteiger charge is 2.19. The minimum atomic E-state index is -3.75. The number of benzene rings is 1. The van der Waals surface area contributed by atoms with Gasteiger partial charge in [0, 0.05) is 30.0 Å². The minimum Gasteiger partial charge on any atom is -0.336 e. The zero-order chi connectivity index (χ0) is 18.1. The van der Waals surface area contributed by atoms with E-state index in [0.717, 1.165) is 16.0 Å². The predicted octanol–water partition coefficient (Wildman–Crippen LogP) is 3.13. The molecule has 0 aliphatic rings. The molecule has 0 fully saturated rings. The molecule has 1 amide bonds. The molecule has 5 nitrogen and oxygen atoms in total. The summed E-state index contributed by atoms with van der Waals surface area (Å²) in [5.74, 6) is 0.0269.